The number of halogens is 1. The molecule has 2 nitrogen and oxygen atoms in total. The molecule has 19 heavy (non-hydrogen) atoms. The lowest BCUT2D eigenvalue weighted by atomic mass is 9.77. The third-order valence-electron chi connectivity index (χ3n) is 3.91. The summed E-state index contributed by atoms with van der Waals surface area (Å²) in [4.78, 5) is 0. The quantitative estimate of drug-likeness (QED) is 0.757. The first-order chi connectivity index (χ1) is 9.15. The second-order valence-corrected chi connectivity index (χ2v) is 5.55. The first-order valence-electron chi connectivity index (χ1n) is 7.31. The van der Waals surface area contributed by atoms with Crippen LogP contribution in [0.1, 0.15) is 44.6 Å². The molecule has 0 spiro atoms. The van der Waals surface area contributed by atoms with Gasteiger partial charge in [0.1, 0.15) is 17.2 Å². The Morgan fingerprint density at radius 1 is 1.32 bits per heavy atom. The van der Waals surface area contributed by atoms with Crippen LogP contribution in [0.25, 0.3) is 0 Å². The van der Waals surface area contributed by atoms with E-state index in [0.29, 0.717) is 0 Å². The summed E-state index contributed by atoms with van der Waals surface area (Å²) < 4.78 is 19.3. The van der Waals surface area contributed by atoms with E-state index in [-0.39, 0.29) is 11.4 Å². The van der Waals surface area contributed by atoms with Gasteiger partial charge in [0.2, 0.25) is 0 Å². The maximum atomic E-state index is 13.1. The highest BCUT2D eigenvalue weighted by molar-refractivity contribution is 5.33. The lowest BCUT2D eigenvalue weighted by Gasteiger charge is -2.42. The molecular formula is C16H24FNO. The molecule has 0 heterocycles. The Morgan fingerprint density at radius 3 is 2.68 bits per heavy atom. The zero-order chi connectivity index (χ0) is 13.7. The Kier molecular flexibility index (Phi) is 4.81. The molecule has 1 saturated carbocycles. The molecule has 0 saturated heterocycles. The van der Waals surface area contributed by atoms with E-state index in [0.717, 1.165) is 50.1 Å². The van der Waals surface area contributed by atoms with E-state index < -0.39 is 0 Å². The zero-order valence-electron chi connectivity index (χ0n) is 12.0. The van der Waals surface area contributed by atoms with Gasteiger partial charge in [-0.15, -0.1) is 0 Å². The fourth-order valence-corrected chi connectivity index (χ4v) is 2.55. The molecule has 0 amide bonds. The summed E-state index contributed by atoms with van der Waals surface area (Å²) in [6.45, 7) is 6.13. The van der Waals surface area contributed by atoms with Gasteiger partial charge in [0, 0.05) is 0 Å². The summed E-state index contributed by atoms with van der Waals surface area (Å²) in [6.07, 6.45) is 5.64. The maximum absolute atomic E-state index is 13.1. The summed E-state index contributed by atoms with van der Waals surface area (Å²) in [6, 6.07) is 4.77. The fraction of sp³-hybridized carbons (Fsp3) is 0.625. The number of benzene rings is 1. The van der Waals surface area contributed by atoms with Crippen molar-refractivity contribution in [2.75, 3.05) is 13.1 Å². The standard InChI is InChI=1S/C16H24FNO/c1-3-10-18-11-9-16(7-4-8-16)19-15-6-5-14(17)12-13(15)2/h5-6,12,18H,3-4,7-11H2,1-2H3. The minimum atomic E-state index is -0.197. The number of hydrogen-bond acceptors (Lipinski definition) is 2. The Balaban J connectivity index is 1.94. The van der Waals surface area contributed by atoms with Crippen molar-refractivity contribution in [2.45, 2.75) is 51.6 Å². The molecular weight excluding hydrogens is 241 g/mol. The van der Waals surface area contributed by atoms with E-state index in [2.05, 4.69) is 12.2 Å². The van der Waals surface area contributed by atoms with Gasteiger partial charge in [-0.05, 0) is 75.9 Å². The molecule has 0 aliphatic heterocycles. The summed E-state index contributed by atoms with van der Waals surface area (Å²) in [5.41, 5.74) is 0.858. The Hall–Kier alpha value is -1.09. The predicted octanol–water partition coefficient (Wildman–Crippen LogP) is 3.83. The minimum absolute atomic E-state index is 0.0245. The Bertz CT molecular complexity index is 415. The van der Waals surface area contributed by atoms with Crippen LogP contribution in [0.4, 0.5) is 4.39 Å². The highest BCUT2D eigenvalue weighted by atomic mass is 19.1. The van der Waals surface area contributed by atoms with Gasteiger partial charge in [0.25, 0.3) is 0 Å². The van der Waals surface area contributed by atoms with Crippen molar-refractivity contribution in [1.82, 2.24) is 5.32 Å². The molecule has 1 N–H and O–H groups in total. The van der Waals surface area contributed by atoms with Gasteiger partial charge >= 0.3 is 0 Å². The first kappa shape index (κ1) is 14.3. The average molecular weight is 265 g/mol. The first-order valence-corrected chi connectivity index (χ1v) is 7.31. The minimum Gasteiger partial charge on any atom is -0.487 e. The topological polar surface area (TPSA) is 21.3 Å². The van der Waals surface area contributed by atoms with Crippen molar-refractivity contribution in [3.8, 4) is 5.75 Å². The number of aryl methyl sites for hydroxylation is 1. The molecule has 106 valence electrons. The van der Waals surface area contributed by atoms with Gasteiger partial charge in [0.05, 0.1) is 0 Å². The number of rotatable bonds is 7. The van der Waals surface area contributed by atoms with Gasteiger partial charge in [-0.3, -0.25) is 0 Å². The molecule has 2 rings (SSSR count). The van der Waals surface area contributed by atoms with Crippen LogP contribution in [0.2, 0.25) is 0 Å². The molecule has 0 aromatic heterocycles. The van der Waals surface area contributed by atoms with Crippen molar-refractivity contribution in [1.29, 1.82) is 0 Å². The molecule has 1 aliphatic carbocycles. The van der Waals surface area contributed by atoms with Crippen LogP contribution in [0.5, 0.6) is 5.75 Å². The van der Waals surface area contributed by atoms with Gasteiger partial charge in [-0.1, -0.05) is 6.92 Å². The molecule has 1 fully saturated rings. The Morgan fingerprint density at radius 2 is 2.11 bits per heavy atom. The van der Waals surface area contributed by atoms with Gasteiger partial charge < -0.3 is 10.1 Å². The molecule has 0 atom stereocenters. The second kappa shape index (κ2) is 6.38. The van der Waals surface area contributed by atoms with Crippen LogP contribution in [0.3, 0.4) is 0 Å². The Labute approximate surface area is 115 Å². The summed E-state index contributed by atoms with van der Waals surface area (Å²) in [5, 5.41) is 3.43. The van der Waals surface area contributed by atoms with Crippen molar-refractivity contribution >= 4 is 0 Å². The van der Waals surface area contributed by atoms with E-state index in [1.165, 1.54) is 18.6 Å². The van der Waals surface area contributed by atoms with Gasteiger partial charge in [-0.2, -0.15) is 0 Å². The molecule has 0 radical (unpaired) electrons. The maximum Gasteiger partial charge on any atom is 0.123 e. The number of ether oxygens (including phenoxy) is 1. The smallest absolute Gasteiger partial charge is 0.123 e. The summed E-state index contributed by atoms with van der Waals surface area (Å²) in [7, 11) is 0. The van der Waals surface area contributed by atoms with Crippen LogP contribution in [-0.2, 0) is 0 Å². The van der Waals surface area contributed by atoms with Gasteiger partial charge in [0.15, 0.2) is 0 Å². The van der Waals surface area contributed by atoms with Crippen molar-refractivity contribution in [2.24, 2.45) is 0 Å². The SMILES string of the molecule is CCCNCCC1(Oc2ccc(F)cc2C)CCC1. The van der Waals surface area contributed by atoms with Crippen molar-refractivity contribution in [3.05, 3.63) is 29.6 Å². The van der Waals surface area contributed by atoms with Gasteiger partial charge in [-0.25, -0.2) is 4.39 Å². The van der Waals surface area contributed by atoms with Crippen molar-refractivity contribution < 1.29 is 9.13 Å². The summed E-state index contributed by atoms with van der Waals surface area (Å²) >= 11 is 0. The molecule has 0 unspecified atom stereocenters. The van der Waals surface area contributed by atoms with Crippen molar-refractivity contribution in [3.63, 3.8) is 0 Å². The normalized spacial score (nSPS) is 17.0. The summed E-state index contributed by atoms with van der Waals surface area (Å²) in [5.74, 6) is 0.633. The molecule has 3 heteroatoms. The second-order valence-electron chi connectivity index (χ2n) is 5.55. The van der Waals surface area contributed by atoms with E-state index >= 15 is 0 Å². The van der Waals surface area contributed by atoms with Crippen LogP contribution in [-0.4, -0.2) is 18.7 Å². The number of nitrogens with one attached hydrogen (secondary N) is 1. The lowest BCUT2D eigenvalue weighted by molar-refractivity contribution is -0.0147. The molecule has 1 aliphatic rings. The average Bonchev–Trinajstić information content (AvgIpc) is 2.34. The molecule has 1 aromatic rings. The van der Waals surface area contributed by atoms with Crippen LogP contribution in [0, 0.1) is 12.7 Å². The predicted molar refractivity (Wildman–Crippen MR) is 76.1 cm³/mol. The number of hydrogen-bond donors (Lipinski definition) is 1. The van der Waals surface area contributed by atoms with E-state index in [9.17, 15) is 4.39 Å². The molecule has 0 bridgehead atoms. The third kappa shape index (κ3) is 3.69. The van der Waals surface area contributed by atoms with Crippen LogP contribution < -0.4 is 10.1 Å². The third-order valence-corrected chi connectivity index (χ3v) is 3.91. The monoisotopic (exact) mass is 265 g/mol. The van der Waals surface area contributed by atoms with E-state index in [4.69, 9.17) is 4.74 Å². The van der Waals surface area contributed by atoms with Crippen LogP contribution in [0.15, 0.2) is 18.2 Å². The highest BCUT2D eigenvalue weighted by Crippen LogP contribution is 2.40. The van der Waals surface area contributed by atoms with E-state index in [1.54, 1.807) is 6.07 Å². The largest absolute Gasteiger partial charge is 0.487 e. The molecule has 1 aromatic carbocycles. The van der Waals surface area contributed by atoms with E-state index in [1.807, 2.05) is 6.92 Å². The fourth-order valence-electron chi connectivity index (χ4n) is 2.55. The zero-order valence-corrected chi connectivity index (χ0v) is 12.0. The lowest BCUT2D eigenvalue weighted by Crippen LogP contribution is -2.45. The van der Waals surface area contributed by atoms with Crippen LogP contribution >= 0.6 is 0 Å². The highest BCUT2D eigenvalue weighted by Gasteiger charge is 2.39.